The van der Waals surface area contributed by atoms with Gasteiger partial charge in [-0.05, 0) is 22.9 Å². The lowest BCUT2D eigenvalue weighted by Gasteiger charge is -2.13. The topological polar surface area (TPSA) is 84.6 Å². The van der Waals surface area contributed by atoms with Gasteiger partial charge >= 0.3 is 0 Å². The van der Waals surface area contributed by atoms with E-state index >= 15 is 0 Å². The number of hydrazine groups is 1. The lowest BCUT2D eigenvalue weighted by Crippen LogP contribution is -2.31. The molecule has 1 atom stereocenters. The number of nitrogens with one attached hydrogen (secondary N) is 2. The molecule has 2 heterocycles. The van der Waals surface area contributed by atoms with Crippen molar-refractivity contribution >= 4 is 15.9 Å². The molecule has 92 valence electrons. The van der Waals surface area contributed by atoms with Crippen molar-refractivity contribution in [3.63, 3.8) is 0 Å². The van der Waals surface area contributed by atoms with Crippen LogP contribution in [0.3, 0.4) is 0 Å². The molecule has 0 fully saturated rings. The lowest BCUT2D eigenvalue weighted by molar-refractivity contribution is 0.508. The van der Waals surface area contributed by atoms with Crippen molar-refractivity contribution < 1.29 is 0 Å². The molecule has 0 aliphatic carbocycles. The zero-order valence-corrected chi connectivity index (χ0v) is 11.3. The summed E-state index contributed by atoms with van der Waals surface area (Å²) in [5.41, 5.74) is 4.82. The van der Waals surface area contributed by atoms with Crippen molar-refractivity contribution in [3.05, 3.63) is 34.1 Å². The molecule has 2 aromatic rings. The van der Waals surface area contributed by atoms with E-state index < -0.39 is 0 Å². The van der Waals surface area contributed by atoms with Gasteiger partial charge in [0.25, 0.3) is 0 Å². The van der Waals surface area contributed by atoms with Crippen LogP contribution in [0.5, 0.6) is 0 Å². The average Bonchev–Trinajstić information content (AvgIpc) is 2.89. The number of aryl methyl sites for hydroxylation is 2. The monoisotopic (exact) mass is 298 g/mol. The van der Waals surface area contributed by atoms with Gasteiger partial charge in [0.15, 0.2) is 0 Å². The van der Waals surface area contributed by atoms with Crippen LogP contribution in [-0.4, -0.2) is 19.7 Å². The van der Waals surface area contributed by atoms with E-state index in [2.05, 4.69) is 36.4 Å². The average molecular weight is 299 g/mol. The summed E-state index contributed by atoms with van der Waals surface area (Å²) in [6.07, 6.45) is 4.20. The van der Waals surface area contributed by atoms with Crippen molar-refractivity contribution in [2.75, 3.05) is 0 Å². The van der Waals surface area contributed by atoms with E-state index in [1.807, 2.05) is 18.7 Å². The molecule has 7 heteroatoms. The van der Waals surface area contributed by atoms with Crippen LogP contribution in [0.1, 0.15) is 23.3 Å². The third kappa shape index (κ3) is 2.41. The highest BCUT2D eigenvalue weighted by Crippen LogP contribution is 2.24. The predicted octanol–water partition coefficient (Wildman–Crippen LogP) is 0.961. The summed E-state index contributed by atoms with van der Waals surface area (Å²) in [6.45, 7) is 1.96. The van der Waals surface area contributed by atoms with Gasteiger partial charge in [-0.25, -0.2) is 10.4 Å². The summed E-state index contributed by atoms with van der Waals surface area (Å²) in [4.78, 5) is 7.26. The first-order chi connectivity index (χ1) is 8.13. The van der Waals surface area contributed by atoms with Gasteiger partial charge in [-0.1, -0.05) is 0 Å². The van der Waals surface area contributed by atoms with Crippen LogP contribution in [0.25, 0.3) is 0 Å². The smallest absolute Gasteiger partial charge is 0.124 e. The molecule has 0 radical (unpaired) electrons. The molecule has 0 aliphatic heterocycles. The molecule has 4 N–H and O–H groups in total. The Bertz CT molecular complexity index is 489. The Morgan fingerprint density at radius 2 is 2.41 bits per heavy atom. The van der Waals surface area contributed by atoms with E-state index in [0.29, 0.717) is 6.42 Å². The largest absolute Gasteiger partial charge is 0.347 e. The first-order valence-electron chi connectivity index (χ1n) is 5.27. The van der Waals surface area contributed by atoms with Crippen LogP contribution >= 0.6 is 15.9 Å². The minimum atomic E-state index is -0.0592. The van der Waals surface area contributed by atoms with E-state index in [4.69, 9.17) is 5.84 Å². The van der Waals surface area contributed by atoms with E-state index in [0.717, 1.165) is 21.7 Å². The third-order valence-electron chi connectivity index (χ3n) is 2.71. The molecule has 0 amide bonds. The van der Waals surface area contributed by atoms with Crippen molar-refractivity contribution in [1.29, 1.82) is 0 Å². The maximum Gasteiger partial charge on any atom is 0.124 e. The van der Waals surface area contributed by atoms with E-state index in [9.17, 15) is 0 Å². The minimum Gasteiger partial charge on any atom is -0.347 e. The Morgan fingerprint density at radius 3 is 2.88 bits per heavy atom. The molecule has 0 spiro atoms. The molecule has 0 bridgehead atoms. The zero-order chi connectivity index (χ0) is 12.4. The fraction of sp³-hybridized carbons (Fsp3) is 0.400. The fourth-order valence-corrected chi connectivity index (χ4v) is 2.30. The van der Waals surface area contributed by atoms with Crippen LogP contribution in [0.15, 0.2) is 16.9 Å². The van der Waals surface area contributed by atoms with Gasteiger partial charge in [0.2, 0.25) is 0 Å². The summed E-state index contributed by atoms with van der Waals surface area (Å²) in [5, 5.41) is 4.35. The van der Waals surface area contributed by atoms with Crippen molar-refractivity contribution in [2.24, 2.45) is 12.9 Å². The lowest BCUT2D eigenvalue weighted by atomic mass is 10.1. The number of aromatic amines is 1. The zero-order valence-electron chi connectivity index (χ0n) is 9.74. The Kier molecular flexibility index (Phi) is 3.60. The molecule has 17 heavy (non-hydrogen) atoms. The fourth-order valence-electron chi connectivity index (χ4n) is 1.80. The molecule has 0 aliphatic rings. The van der Waals surface area contributed by atoms with Gasteiger partial charge in [-0.3, -0.25) is 10.5 Å². The van der Waals surface area contributed by atoms with Crippen molar-refractivity contribution in [3.8, 4) is 0 Å². The van der Waals surface area contributed by atoms with Crippen LogP contribution < -0.4 is 11.3 Å². The number of halogens is 1. The second-order valence-electron chi connectivity index (χ2n) is 3.87. The van der Waals surface area contributed by atoms with Crippen LogP contribution in [-0.2, 0) is 13.5 Å². The number of hydrogen-bond acceptors (Lipinski definition) is 4. The molecular formula is C10H15BrN6. The summed E-state index contributed by atoms with van der Waals surface area (Å²) in [6, 6.07) is -0.0592. The number of H-pyrrole nitrogens is 1. The number of hydrogen-bond donors (Lipinski definition) is 3. The summed E-state index contributed by atoms with van der Waals surface area (Å²) in [5.74, 6) is 6.38. The molecule has 1 unspecified atom stereocenters. The first-order valence-corrected chi connectivity index (χ1v) is 6.06. The van der Waals surface area contributed by atoms with Crippen molar-refractivity contribution in [2.45, 2.75) is 19.4 Å². The highest BCUT2D eigenvalue weighted by molar-refractivity contribution is 9.10. The number of rotatable bonds is 4. The number of nitrogens with zero attached hydrogens (tertiary/aromatic N) is 3. The van der Waals surface area contributed by atoms with E-state index in [1.54, 1.807) is 12.4 Å². The van der Waals surface area contributed by atoms with Gasteiger partial charge in [0.1, 0.15) is 5.82 Å². The number of aromatic nitrogens is 4. The Labute approximate surface area is 108 Å². The number of nitrogens with two attached hydrogens (primary N) is 1. The quantitative estimate of drug-likeness (QED) is 0.580. The third-order valence-corrected chi connectivity index (χ3v) is 3.74. The molecular weight excluding hydrogens is 284 g/mol. The molecule has 2 rings (SSSR count). The highest BCUT2D eigenvalue weighted by Gasteiger charge is 2.18. The summed E-state index contributed by atoms with van der Waals surface area (Å²) in [7, 11) is 1.92. The van der Waals surface area contributed by atoms with Crippen molar-refractivity contribution in [1.82, 2.24) is 25.2 Å². The molecule has 2 aromatic heterocycles. The van der Waals surface area contributed by atoms with Gasteiger partial charge in [-0.2, -0.15) is 5.10 Å². The summed E-state index contributed by atoms with van der Waals surface area (Å²) >= 11 is 3.54. The van der Waals surface area contributed by atoms with Gasteiger partial charge in [0, 0.05) is 25.9 Å². The second-order valence-corrected chi connectivity index (χ2v) is 4.66. The predicted molar refractivity (Wildman–Crippen MR) is 68.0 cm³/mol. The van der Waals surface area contributed by atoms with Crippen LogP contribution in [0.4, 0.5) is 0 Å². The van der Waals surface area contributed by atoms with Crippen LogP contribution in [0.2, 0.25) is 0 Å². The van der Waals surface area contributed by atoms with Gasteiger partial charge in [-0.15, -0.1) is 0 Å². The Hall–Kier alpha value is -1.18. The Balaban J connectivity index is 2.24. The normalized spacial score (nSPS) is 12.9. The molecule has 0 saturated carbocycles. The standard InChI is InChI=1S/C10H15BrN6/c1-6-9(11)8(17(2)16-6)5-7(15-12)10-13-3-4-14-10/h3-4,7,15H,5,12H2,1-2H3,(H,13,14). The van der Waals surface area contributed by atoms with Gasteiger partial charge < -0.3 is 4.98 Å². The highest BCUT2D eigenvalue weighted by atomic mass is 79.9. The molecule has 0 aromatic carbocycles. The molecule has 0 saturated heterocycles. The number of imidazole rings is 1. The maximum atomic E-state index is 5.56. The van der Waals surface area contributed by atoms with Crippen LogP contribution in [0, 0.1) is 6.92 Å². The Morgan fingerprint density at radius 1 is 1.65 bits per heavy atom. The van der Waals surface area contributed by atoms with E-state index in [1.165, 1.54) is 0 Å². The van der Waals surface area contributed by atoms with Gasteiger partial charge in [0.05, 0.1) is 21.9 Å². The summed E-state index contributed by atoms with van der Waals surface area (Å²) < 4.78 is 2.87. The second kappa shape index (κ2) is 4.99. The van der Waals surface area contributed by atoms with E-state index in [-0.39, 0.29) is 6.04 Å². The SMILES string of the molecule is Cc1nn(C)c(CC(NN)c2ncc[nH]2)c1Br. The molecule has 6 nitrogen and oxygen atoms in total. The minimum absolute atomic E-state index is 0.0592. The maximum absolute atomic E-state index is 5.56. The first kappa shape index (κ1) is 12.3.